The molecule has 0 bridgehead atoms. The highest BCUT2D eigenvalue weighted by Gasteiger charge is 2.23. The van der Waals surface area contributed by atoms with E-state index in [1.54, 1.807) is 12.1 Å². The Labute approximate surface area is 133 Å². The van der Waals surface area contributed by atoms with Crippen molar-refractivity contribution in [1.82, 2.24) is 0 Å². The van der Waals surface area contributed by atoms with Gasteiger partial charge in [0.15, 0.2) is 0 Å². The Bertz CT molecular complexity index is 582. The predicted molar refractivity (Wildman–Crippen MR) is 91.6 cm³/mol. The van der Waals surface area contributed by atoms with E-state index >= 15 is 0 Å². The van der Waals surface area contributed by atoms with Crippen molar-refractivity contribution < 1.29 is 9.84 Å². The molecule has 0 aliphatic heterocycles. The van der Waals surface area contributed by atoms with Gasteiger partial charge in [0.05, 0.1) is 6.61 Å². The molecule has 2 heteroatoms. The molecule has 0 spiro atoms. The third-order valence-corrected chi connectivity index (χ3v) is 4.40. The van der Waals surface area contributed by atoms with Gasteiger partial charge in [-0.05, 0) is 41.3 Å². The highest BCUT2D eigenvalue weighted by atomic mass is 16.5. The number of ether oxygens (including phenoxy) is 1. The van der Waals surface area contributed by atoms with Crippen LogP contribution in [0.1, 0.15) is 45.2 Å². The Balaban J connectivity index is 2.13. The molecule has 118 valence electrons. The second-order valence-electron chi connectivity index (χ2n) is 6.52. The van der Waals surface area contributed by atoms with Crippen molar-refractivity contribution in [2.75, 3.05) is 6.61 Å². The van der Waals surface area contributed by atoms with Crippen molar-refractivity contribution in [3.05, 3.63) is 59.7 Å². The Morgan fingerprint density at radius 1 is 0.955 bits per heavy atom. The Morgan fingerprint density at radius 3 is 1.95 bits per heavy atom. The number of benzene rings is 2. The van der Waals surface area contributed by atoms with Gasteiger partial charge in [-0.3, -0.25) is 0 Å². The van der Waals surface area contributed by atoms with Crippen LogP contribution in [0.5, 0.6) is 11.5 Å². The van der Waals surface area contributed by atoms with Gasteiger partial charge >= 0.3 is 0 Å². The van der Waals surface area contributed by atoms with Crippen molar-refractivity contribution in [2.45, 2.75) is 39.5 Å². The number of rotatable bonds is 6. The van der Waals surface area contributed by atoms with E-state index in [-0.39, 0.29) is 5.41 Å². The summed E-state index contributed by atoms with van der Waals surface area (Å²) in [5, 5.41) is 9.44. The first kappa shape index (κ1) is 16.4. The van der Waals surface area contributed by atoms with Crippen LogP contribution in [-0.2, 0) is 5.41 Å². The van der Waals surface area contributed by atoms with Gasteiger partial charge in [-0.2, -0.15) is 0 Å². The summed E-state index contributed by atoms with van der Waals surface area (Å²) >= 11 is 0. The second kappa shape index (κ2) is 6.87. The first-order valence-corrected chi connectivity index (χ1v) is 7.96. The summed E-state index contributed by atoms with van der Waals surface area (Å²) in [6, 6.07) is 15.8. The molecule has 0 aromatic heterocycles. The molecule has 0 saturated heterocycles. The fourth-order valence-electron chi connectivity index (χ4n) is 2.37. The standard InChI is InChI=1S/C20H26O2/c1-5-15(2)14-22-19-12-8-17(9-13-19)20(3,4)16-6-10-18(21)11-7-16/h6-13,15,21H,5,14H2,1-4H3. The number of hydrogen-bond acceptors (Lipinski definition) is 2. The maximum absolute atomic E-state index is 9.44. The van der Waals surface area contributed by atoms with Crippen LogP contribution in [0.3, 0.4) is 0 Å². The van der Waals surface area contributed by atoms with E-state index < -0.39 is 0 Å². The summed E-state index contributed by atoms with van der Waals surface area (Å²) in [6.45, 7) is 9.51. The van der Waals surface area contributed by atoms with Gasteiger partial charge in [-0.25, -0.2) is 0 Å². The van der Waals surface area contributed by atoms with Crippen molar-refractivity contribution >= 4 is 0 Å². The van der Waals surface area contributed by atoms with Gasteiger partial charge in [0.25, 0.3) is 0 Å². The van der Waals surface area contributed by atoms with Gasteiger partial charge in [0.2, 0.25) is 0 Å². The zero-order valence-corrected chi connectivity index (χ0v) is 14.0. The van der Waals surface area contributed by atoms with E-state index in [0.29, 0.717) is 11.7 Å². The Morgan fingerprint density at radius 2 is 1.45 bits per heavy atom. The topological polar surface area (TPSA) is 29.5 Å². The number of phenols is 1. The van der Waals surface area contributed by atoms with Gasteiger partial charge in [0, 0.05) is 5.41 Å². The first-order valence-electron chi connectivity index (χ1n) is 7.96. The molecule has 2 nitrogen and oxygen atoms in total. The third kappa shape index (κ3) is 3.82. The minimum Gasteiger partial charge on any atom is -0.508 e. The molecule has 2 aromatic carbocycles. The fraction of sp³-hybridized carbons (Fsp3) is 0.400. The average molecular weight is 298 g/mol. The highest BCUT2D eigenvalue weighted by molar-refractivity contribution is 5.41. The van der Waals surface area contributed by atoms with E-state index in [9.17, 15) is 5.11 Å². The third-order valence-electron chi connectivity index (χ3n) is 4.40. The van der Waals surface area contributed by atoms with Crippen LogP contribution in [0.2, 0.25) is 0 Å². The molecule has 1 N–H and O–H groups in total. The van der Waals surface area contributed by atoms with Crippen LogP contribution < -0.4 is 4.74 Å². The zero-order chi connectivity index (χ0) is 16.2. The molecule has 0 saturated carbocycles. The molecule has 1 unspecified atom stereocenters. The summed E-state index contributed by atoms with van der Waals surface area (Å²) in [5.74, 6) is 1.80. The quantitative estimate of drug-likeness (QED) is 0.800. The minimum atomic E-state index is -0.108. The molecular weight excluding hydrogens is 272 g/mol. The lowest BCUT2D eigenvalue weighted by molar-refractivity contribution is 0.256. The normalized spacial score (nSPS) is 12.9. The molecular formula is C20H26O2. The van der Waals surface area contributed by atoms with E-state index in [2.05, 4.69) is 39.8 Å². The van der Waals surface area contributed by atoms with Gasteiger partial charge in [-0.15, -0.1) is 0 Å². The molecule has 0 aliphatic rings. The van der Waals surface area contributed by atoms with Gasteiger partial charge in [0.1, 0.15) is 11.5 Å². The lowest BCUT2D eigenvalue weighted by atomic mass is 9.78. The van der Waals surface area contributed by atoms with E-state index in [0.717, 1.165) is 18.8 Å². The van der Waals surface area contributed by atoms with Crippen LogP contribution >= 0.6 is 0 Å². The SMILES string of the molecule is CCC(C)COc1ccc(C(C)(C)c2ccc(O)cc2)cc1. The minimum absolute atomic E-state index is 0.108. The number of hydrogen-bond donors (Lipinski definition) is 1. The molecule has 2 aromatic rings. The summed E-state index contributed by atoms with van der Waals surface area (Å²) in [5.41, 5.74) is 2.30. The highest BCUT2D eigenvalue weighted by Crippen LogP contribution is 2.33. The van der Waals surface area contributed by atoms with E-state index in [4.69, 9.17) is 4.74 Å². The van der Waals surface area contributed by atoms with Crippen LogP contribution in [-0.4, -0.2) is 11.7 Å². The lowest BCUT2D eigenvalue weighted by Gasteiger charge is -2.26. The van der Waals surface area contributed by atoms with Crippen molar-refractivity contribution in [2.24, 2.45) is 5.92 Å². The molecule has 0 heterocycles. The van der Waals surface area contributed by atoms with E-state index in [1.807, 2.05) is 24.3 Å². The molecule has 0 amide bonds. The maximum atomic E-state index is 9.44. The zero-order valence-electron chi connectivity index (χ0n) is 14.0. The van der Waals surface area contributed by atoms with E-state index in [1.165, 1.54) is 11.1 Å². The van der Waals surface area contributed by atoms with Crippen molar-refractivity contribution in [1.29, 1.82) is 0 Å². The number of phenolic OH excluding ortho intramolecular Hbond substituents is 1. The van der Waals surface area contributed by atoms with Crippen LogP contribution in [0.15, 0.2) is 48.5 Å². The molecule has 0 fully saturated rings. The molecule has 22 heavy (non-hydrogen) atoms. The van der Waals surface area contributed by atoms with Crippen LogP contribution in [0.4, 0.5) is 0 Å². The summed E-state index contributed by atoms with van der Waals surface area (Å²) in [4.78, 5) is 0. The molecule has 2 rings (SSSR count). The second-order valence-corrected chi connectivity index (χ2v) is 6.52. The summed E-state index contributed by atoms with van der Waals surface area (Å²) in [7, 11) is 0. The first-order chi connectivity index (χ1) is 10.4. The average Bonchev–Trinajstić information content (AvgIpc) is 2.53. The van der Waals surface area contributed by atoms with Crippen LogP contribution in [0, 0.1) is 5.92 Å². The van der Waals surface area contributed by atoms with Gasteiger partial charge < -0.3 is 9.84 Å². The lowest BCUT2D eigenvalue weighted by Crippen LogP contribution is -2.18. The Kier molecular flexibility index (Phi) is 5.12. The molecule has 1 atom stereocenters. The maximum Gasteiger partial charge on any atom is 0.119 e. The smallest absolute Gasteiger partial charge is 0.119 e. The molecule has 0 aliphatic carbocycles. The summed E-state index contributed by atoms with van der Waals surface area (Å²) in [6.07, 6.45) is 1.13. The largest absolute Gasteiger partial charge is 0.508 e. The van der Waals surface area contributed by atoms with Crippen LogP contribution in [0.25, 0.3) is 0 Å². The van der Waals surface area contributed by atoms with Gasteiger partial charge in [-0.1, -0.05) is 58.4 Å². The molecule has 0 radical (unpaired) electrons. The predicted octanol–water partition coefficient (Wildman–Crippen LogP) is 5.14. The fourth-order valence-corrected chi connectivity index (χ4v) is 2.37. The van der Waals surface area contributed by atoms with Crippen molar-refractivity contribution in [3.63, 3.8) is 0 Å². The van der Waals surface area contributed by atoms with Crippen molar-refractivity contribution in [3.8, 4) is 11.5 Å². The Hall–Kier alpha value is -1.96. The monoisotopic (exact) mass is 298 g/mol. The number of aromatic hydroxyl groups is 1. The summed E-state index contributed by atoms with van der Waals surface area (Å²) < 4.78 is 5.81.